The molecule has 0 aliphatic heterocycles. The molecule has 0 aromatic carbocycles. The van der Waals surface area contributed by atoms with Gasteiger partial charge in [-0.3, -0.25) is 9.63 Å². The number of carbonyl (C=O) groups is 1. The lowest BCUT2D eigenvalue weighted by molar-refractivity contribution is -0.188. The first-order chi connectivity index (χ1) is 13.6. The molecule has 0 saturated heterocycles. The van der Waals surface area contributed by atoms with E-state index in [1.807, 2.05) is 6.92 Å². The van der Waals surface area contributed by atoms with Crippen molar-refractivity contribution in [2.75, 3.05) is 14.2 Å². The molecule has 4 aliphatic carbocycles. The molecule has 1 amide bonds. The van der Waals surface area contributed by atoms with E-state index in [2.05, 4.69) is 13.8 Å². The van der Waals surface area contributed by atoms with Gasteiger partial charge in [0.15, 0.2) is 0 Å². The maximum atomic E-state index is 12.8. The molecule has 4 unspecified atom stereocenters. The molecule has 4 fully saturated rings. The molecule has 4 aliphatic rings. The van der Waals surface area contributed by atoms with Crippen LogP contribution < -0.4 is 0 Å². The van der Waals surface area contributed by atoms with Gasteiger partial charge < -0.3 is 10.2 Å². The van der Waals surface area contributed by atoms with Crippen LogP contribution in [0.2, 0.25) is 0 Å². The van der Waals surface area contributed by atoms with Crippen LogP contribution in [0, 0.1) is 46.3 Å². The van der Waals surface area contributed by atoms with Crippen LogP contribution >= 0.6 is 0 Å². The second-order valence-electron chi connectivity index (χ2n) is 11.2. The van der Waals surface area contributed by atoms with Gasteiger partial charge in [-0.15, -0.1) is 0 Å². The molecule has 166 valence electrons. The van der Waals surface area contributed by atoms with Gasteiger partial charge in [0, 0.05) is 18.4 Å². The highest BCUT2D eigenvalue weighted by Crippen LogP contribution is 2.68. The number of hydrogen-bond donors (Lipinski definition) is 2. The van der Waals surface area contributed by atoms with Crippen LogP contribution in [0.15, 0.2) is 0 Å². The molecule has 0 aromatic heterocycles. The van der Waals surface area contributed by atoms with Crippen LogP contribution in [0.4, 0.5) is 0 Å². The lowest BCUT2D eigenvalue weighted by atomic mass is 9.43. The topological polar surface area (TPSA) is 70.0 Å². The van der Waals surface area contributed by atoms with Gasteiger partial charge in [0.05, 0.1) is 19.3 Å². The molecule has 10 atom stereocenters. The van der Waals surface area contributed by atoms with Crippen LogP contribution in [-0.4, -0.2) is 47.5 Å². The normalized spacial score (nSPS) is 50.2. The van der Waals surface area contributed by atoms with E-state index in [0.717, 1.165) is 38.5 Å². The molecule has 5 heteroatoms. The molecule has 2 N–H and O–H groups in total. The number of carbonyl (C=O) groups excluding carboxylic acids is 1. The Morgan fingerprint density at radius 1 is 1.07 bits per heavy atom. The number of hydroxylamine groups is 2. The highest BCUT2D eigenvalue weighted by molar-refractivity contribution is 5.77. The van der Waals surface area contributed by atoms with Crippen molar-refractivity contribution in [1.29, 1.82) is 0 Å². The third-order valence-electron chi connectivity index (χ3n) is 10.4. The highest BCUT2D eigenvalue weighted by Gasteiger charge is 2.64. The Morgan fingerprint density at radius 2 is 1.79 bits per heavy atom. The quantitative estimate of drug-likeness (QED) is 0.701. The van der Waals surface area contributed by atoms with Crippen molar-refractivity contribution in [2.24, 2.45) is 46.3 Å². The number of aliphatic hydroxyl groups is 2. The first-order valence-electron chi connectivity index (χ1n) is 11.8. The Balaban J connectivity index is 1.60. The fourth-order valence-corrected chi connectivity index (χ4v) is 8.60. The smallest absolute Gasteiger partial charge is 0.248 e. The van der Waals surface area contributed by atoms with Crippen molar-refractivity contribution in [3.63, 3.8) is 0 Å². The Morgan fingerprint density at radius 3 is 2.48 bits per heavy atom. The van der Waals surface area contributed by atoms with Crippen LogP contribution in [-0.2, 0) is 9.63 Å². The molecule has 4 rings (SSSR count). The second kappa shape index (κ2) is 7.49. The van der Waals surface area contributed by atoms with Crippen LogP contribution in [0.3, 0.4) is 0 Å². The fraction of sp³-hybridized carbons (Fsp3) is 0.958. The van der Waals surface area contributed by atoms with E-state index < -0.39 is 0 Å². The average molecular weight is 408 g/mol. The molecule has 5 nitrogen and oxygen atoms in total. The summed E-state index contributed by atoms with van der Waals surface area (Å²) in [5, 5.41) is 23.1. The maximum absolute atomic E-state index is 12.8. The summed E-state index contributed by atoms with van der Waals surface area (Å²) in [4.78, 5) is 18.0. The van der Waals surface area contributed by atoms with Gasteiger partial charge in [0.2, 0.25) is 5.91 Å². The third kappa shape index (κ3) is 3.10. The second-order valence-corrected chi connectivity index (χ2v) is 11.2. The minimum Gasteiger partial charge on any atom is -0.393 e. The van der Waals surface area contributed by atoms with E-state index in [0.29, 0.717) is 23.7 Å². The maximum Gasteiger partial charge on any atom is 0.248 e. The third-order valence-corrected chi connectivity index (χ3v) is 10.4. The summed E-state index contributed by atoms with van der Waals surface area (Å²) in [6, 6.07) is 0. The van der Waals surface area contributed by atoms with Gasteiger partial charge >= 0.3 is 0 Å². The Hall–Kier alpha value is -0.650. The summed E-state index contributed by atoms with van der Waals surface area (Å²) < 4.78 is 0. The van der Waals surface area contributed by atoms with Gasteiger partial charge in [-0.2, -0.15) is 0 Å². The van der Waals surface area contributed by atoms with Crippen molar-refractivity contribution in [2.45, 2.75) is 84.3 Å². The van der Waals surface area contributed by atoms with Crippen LogP contribution in [0.1, 0.15) is 72.1 Å². The monoisotopic (exact) mass is 407 g/mol. The van der Waals surface area contributed by atoms with Gasteiger partial charge in [0.25, 0.3) is 0 Å². The predicted molar refractivity (Wildman–Crippen MR) is 112 cm³/mol. The van der Waals surface area contributed by atoms with E-state index in [9.17, 15) is 15.0 Å². The first kappa shape index (κ1) is 21.6. The highest BCUT2D eigenvalue weighted by atomic mass is 16.7. The van der Waals surface area contributed by atoms with E-state index in [1.54, 1.807) is 7.05 Å². The first-order valence-corrected chi connectivity index (χ1v) is 11.8. The molecule has 29 heavy (non-hydrogen) atoms. The fourth-order valence-electron chi connectivity index (χ4n) is 8.60. The minimum atomic E-state index is -0.355. The zero-order valence-electron chi connectivity index (χ0n) is 18.9. The number of hydrogen-bond acceptors (Lipinski definition) is 4. The summed E-state index contributed by atoms with van der Waals surface area (Å²) in [5.41, 5.74) is 0.0580. The Bertz CT molecular complexity index is 640. The molecule has 0 spiro atoms. The molecule has 0 aromatic rings. The zero-order valence-corrected chi connectivity index (χ0v) is 18.9. The number of aliphatic hydroxyl groups excluding tert-OH is 2. The van der Waals surface area contributed by atoms with Crippen LogP contribution in [0.5, 0.6) is 0 Å². The number of amides is 1. The Labute approximate surface area is 176 Å². The standard InChI is InChI=1S/C24H41NO4/c1-14(22(28)25(4)29-5)18-8-9-19-17-7-6-15-12-16(26)10-11-23(15,2)20(17)13-21(27)24(18,19)3/h14-21,26-27H,6-13H2,1-5H3/t14-,15+,16+,17?,18?,19?,20?,21-,23-,24+/m0/s1. The van der Waals surface area contributed by atoms with E-state index in [-0.39, 0.29) is 40.8 Å². The molecular formula is C24H41NO4. The number of rotatable bonds is 3. The molecule has 0 bridgehead atoms. The SMILES string of the molecule is CON(C)C(=O)[C@@H](C)C1CCC2C3CC[C@@H]4C[C@H](O)CC[C@]4(C)C3C[C@H](O)[C@@]21C. The largest absolute Gasteiger partial charge is 0.393 e. The predicted octanol–water partition coefficient (Wildman–Crippen LogP) is 3.63. The zero-order chi connectivity index (χ0) is 21.1. The minimum absolute atomic E-state index is 0.0191. The van der Waals surface area contributed by atoms with Gasteiger partial charge in [0.1, 0.15) is 0 Å². The lowest BCUT2D eigenvalue weighted by Gasteiger charge is -2.62. The summed E-state index contributed by atoms with van der Waals surface area (Å²) in [7, 11) is 3.21. The molecule has 0 radical (unpaired) electrons. The van der Waals surface area contributed by atoms with Gasteiger partial charge in [-0.05, 0) is 86.4 Å². The summed E-state index contributed by atoms with van der Waals surface area (Å²) in [6.07, 6.45) is 7.88. The van der Waals surface area contributed by atoms with E-state index >= 15 is 0 Å². The van der Waals surface area contributed by atoms with Crippen molar-refractivity contribution in [3.8, 4) is 0 Å². The summed E-state index contributed by atoms with van der Waals surface area (Å²) >= 11 is 0. The van der Waals surface area contributed by atoms with Crippen molar-refractivity contribution in [3.05, 3.63) is 0 Å². The number of fused-ring (bicyclic) bond motifs is 5. The number of nitrogens with zero attached hydrogens (tertiary/aromatic N) is 1. The lowest BCUT2D eigenvalue weighted by Crippen LogP contribution is -2.59. The van der Waals surface area contributed by atoms with Crippen molar-refractivity contribution in [1.82, 2.24) is 5.06 Å². The van der Waals surface area contributed by atoms with Crippen molar-refractivity contribution >= 4 is 5.91 Å². The van der Waals surface area contributed by atoms with Crippen LogP contribution in [0.25, 0.3) is 0 Å². The molecule has 4 saturated carbocycles. The van der Waals surface area contributed by atoms with E-state index in [4.69, 9.17) is 4.84 Å². The van der Waals surface area contributed by atoms with Gasteiger partial charge in [-0.1, -0.05) is 20.8 Å². The summed E-state index contributed by atoms with van der Waals surface area (Å²) in [5.74, 6) is 2.36. The van der Waals surface area contributed by atoms with Gasteiger partial charge in [-0.25, -0.2) is 5.06 Å². The average Bonchev–Trinajstić information content (AvgIpc) is 3.06. The summed E-state index contributed by atoms with van der Waals surface area (Å²) in [6.45, 7) is 6.74. The molecule has 0 heterocycles. The van der Waals surface area contributed by atoms with Crippen molar-refractivity contribution < 1.29 is 19.8 Å². The Kier molecular flexibility index (Phi) is 5.57. The van der Waals surface area contributed by atoms with E-state index in [1.165, 1.54) is 25.0 Å². The molecular weight excluding hydrogens is 366 g/mol.